The van der Waals surface area contributed by atoms with E-state index in [1.165, 1.54) is 23.5 Å². The molecule has 0 aliphatic heterocycles. The summed E-state index contributed by atoms with van der Waals surface area (Å²) in [6.07, 6.45) is -4.44. The number of anilines is 1. The summed E-state index contributed by atoms with van der Waals surface area (Å²) in [5, 5.41) is 4.97. The first-order valence-electron chi connectivity index (χ1n) is 6.46. The van der Waals surface area contributed by atoms with Crippen molar-refractivity contribution in [2.24, 2.45) is 5.92 Å². The minimum absolute atomic E-state index is 0.0567. The van der Waals surface area contributed by atoms with Crippen molar-refractivity contribution < 1.29 is 13.2 Å². The van der Waals surface area contributed by atoms with E-state index < -0.39 is 11.7 Å². The van der Waals surface area contributed by atoms with Crippen LogP contribution < -0.4 is 5.32 Å². The molecule has 1 unspecified atom stereocenters. The number of para-hydroxylation sites is 1. The third-order valence-corrected chi connectivity index (χ3v) is 4.41. The molecule has 0 saturated heterocycles. The molecule has 114 valence electrons. The maximum atomic E-state index is 13.1. The maximum Gasteiger partial charge on any atom is 0.418 e. The molecule has 0 fully saturated rings. The lowest BCUT2D eigenvalue weighted by Gasteiger charge is -2.25. The van der Waals surface area contributed by atoms with Crippen molar-refractivity contribution in [1.29, 1.82) is 0 Å². The standard InChI is InChI=1S/C15H15ClF3NS/c1-9(2)13(12-7-4-8-21-12)20-14-10(15(17,18)19)5-3-6-11(14)16/h3-9,13,20H,1-2H3. The number of halogens is 4. The quantitative estimate of drug-likeness (QED) is 0.699. The zero-order valence-electron chi connectivity index (χ0n) is 11.5. The van der Waals surface area contributed by atoms with E-state index in [4.69, 9.17) is 11.6 Å². The van der Waals surface area contributed by atoms with Crippen molar-refractivity contribution in [3.05, 3.63) is 51.2 Å². The fraction of sp³-hybridized carbons (Fsp3) is 0.333. The molecule has 21 heavy (non-hydrogen) atoms. The lowest BCUT2D eigenvalue weighted by atomic mass is 10.0. The highest BCUT2D eigenvalue weighted by Crippen LogP contribution is 2.41. The molecule has 1 heterocycles. The van der Waals surface area contributed by atoms with Crippen LogP contribution in [0.25, 0.3) is 0 Å². The Labute approximate surface area is 130 Å². The summed E-state index contributed by atoms with van der Waals surface area (Å²) in [7, 11) is 0. The van der Waals surface area contributed by atoms with Gasteiger partial charge in [-0.3, -0.25) is 0 Å². The molecule has 2 aromatic rings. The van der Waals surface area contributed by atoms with E-state index in [0.717, 1.165) is 10.9 Å². The molecule has 0 bridgehead atoms. The van der Waals surface area contributed by atoms with Crippen molar-refractivity contribution in [3.63, 3.8) is 0 Å². The highest BCUT2D eigenvalue weighted by Gasteiger charge is 2.35. The van der Waals surface area contributed by atoms with Crippen LogP contribution in [0.5, 0.6) is 0 Å². The zero-order chi connectivity index (χ0) is 15.6. The Kier molecular flexibility index (Phi) is 4.84. The van der Waals surface area contributed by atoms with E-state index >= 15 is 0 Å². The van der Waals surface area contributed by atoms with E-state index in [9.17, 15) is 13.2 Å². The molecule has 0 radical (unpaired) electrons. The van der Waals surface area contributed by atoms with Gasteiger partial charge in [0.05, 0.1) is 22.3 Å². The molecular formula is C15H15ClF3NS. The molecule has 0 saturated carbocycles. The van der Waals surface area contributed by atoms with Gasteiger partial charge in [0.25, 0.3) is 0 Å². The van der Waals surface area contributed by atoms with Crippen LogP contribution in [0.1, 0.15) is 30.3 Å². The number of nitrogens with one attached hydrogen (secondary N) is 1. The molecule has 2 rings (SSSR count). The third kappa shape index (κ3) is 3.71. The summed E-state index contributed by atoms with van der Waals surface area (Å²) in [4.78, 5) is 0.984. The monoisotopic (exact) mass is 333 g/mol. The van der Waals surface area contributed by atoms with Crippen LogP contribution in [0.3, 0.4) is 0 Å². The van der Waals surface area contributed by atoms with Crippen LogP contribution in [-0.4, -0.2) is 0 Å². The Morgan fingerprint density at radius 1 is 1.14 bits per heavy atom. The Bertz CT molecular complexity index is 593. The van der Waals surface area contributed by atoms with Crippen molar-refractivity contribution in [1.82, 2.24) is 0 Å². The first-order chi connectivity index (χ1) is 9.80. The van der Waals surface area contributed by atoms with Crippen LogP contribution in [0, 0.1) is 5.92 Å². The van der Waals surface area contributed by atoms with Gasteiger partial charge in [-0.15, -0.1) is 11.3 Å². The van der Waals surface area contributed by atoms with E-state index in [1.807, 2.05) is 31.4 Å². The van der Waals surface area contributed by atoms with Crippen molar-refractivity contribution in [3.8, 4) is 0 Å². The SMILES string of the molecule is CC(C)C(Nc1c(Cl)cccc1C(F)(F)F)c1cccs1. The first kappa shape index (κ1) is 16.2. The fourth-order valence-corrected chi connectivity index (χ4v) is 3.28. The summed E-state index contributed by atoms with van der Waals surface area (Å²) in [5.41, 5.74) is -0.795. The second-order valence-corrected chi connectivity index (χ2v) is 6.43. The highest BCUT2D eigenvalue weighted by atomic mass is 35.5. The average Bonchev–Trinajstić information content (AvgIpc) is 2.89. The van der Waals surface area contributed by atoms with Gasteiger partial charge < -0.3 is 5.32 Å². The minimum atomic E-state index is -4.44. The largest absolute Gasteiger partial charge is 0.418 e. The lowest BCUT2D eigenvalue weighted by Crippen LogP contribution is -2.19. The van der Waals surface area contributed by atoms with Crippen LogP contribution >= 0.6 is 22.9 Å². The summed E-state index contributed by atoms with van der Waals surface area (Å²) >= 11 is 7.50. The molecule has 1 aromatic heterocycles. The lowest BCUT2D eigenvalue weighted by molar-refractivity contribution is -0.137. The van der Waals surface area contributed by atoms with E-state index in [-0.39, 0.29) is 22.7 Å². The van der Waals surface area contributed by atoms with E-state index in [1.54, 1.807) is 0 Å². The summed E-state index contributed by atoms with van der Waals surface area (Å²) in [6.45, 7) is 3.92. The van der Waals surface area contributed by atoms with Crippen LogP contribution in [0.15, 0.2) is 35.7 Å². The van der Waals surface area contributed by atoms with Gasteiger partial charge in [0.1, 0.15) is 0 Å². The van der Waals surface area contributed by atoms with Crippen LogP contribution in [-0.2, 0) is 6.18 Å². The van der Waals surface area contributed by atoms with E-state index in [2.05, 4.69) is 5.32 Å². The van der Waals surface area contributed by atoms with Gasteiger partial charge >= 0.3 is 6.18 Å². The topological polar surface area (TPSA) is 12.0 Å². The number of benzene rings is 1. The van der Waals surface area contributed by atoms with Gasteiger partial charge in [0.15, 0.2) is 0 Å². The molecule has 1 atom stereocenters. The molecule has 1 nitrogen and oxygen atoms in total. The molecule has 0 spiro atoms. The molecule has 0 aliphatic rings. The highest BCUT2D eigenvalue weighted by molar-refractivity contribution is 7.10. The number of hydrogen-bond acceptors (Lipinski definition) is 2. The Balaban J connectivity index is 2.42. The smallest absolute Gasteiger partial charge is 0.375 e. The predicted molar refractivity (Wildman–Crippen MR) is 82.0 cm³/mol. The third-order valence-electron chi connectivity index (χ3n) is 3.14. The van der Waals surface area contributed by atoms with Crippen molar-refractivity contribution in [2.45, 2.75) is 26.1 Å². The Morgan fingerprint density at radius 3 is 2.38 bits per heavy atom. The second-order valence-electron chi connectivity index (χ2n) is 5.04. The van der Waals surface area contributed by atoms with Crippen molar-refractivity contribution in [2.75, 3.05) is 5.32 Å². The first-order valence-corrected chi connectivity index (χ1v) is 7.72. The maximum absolute atomic E-state index is 13.1. The molecule has 1 N–H and O–H groups in total. The minimum Gasteiger partial charge on any atom is -0.375 e. The molecule has 1 aromatic carbocycles. The van der Waals surface area contributed by atoms with Gasteiger partial charge in [-0.05, 0) is 29.5 Å². The van der Waals surface area contributed by atoms with Crippen LogP contribution in [0.2, 0.25) is 5.02 Å². The predicted octanol–water partition coefficient (Wildman–Crippen LogP) is 6.23. The fourth-order valence-electron chi connectivity index (χ4n) is 2.10. The normalized spacial score (nSPS) is 13.5. The Hall–Kier alpha value is -1.20. The molecular weight excluding hydrogens is 319 g/mol. The molecule has 0 amide bonds. The summed E-state index contributed by atoms with van der Waals surface area (Å²) in [5.74, 6) is 0.126. The van der Waals surface area contributed by atoms with Gasteiger partial charge in [-0.25, -0.2) is 0 Å². The zero-order valence-corrected chi connectivity index (χ0v) is 13.1. The van der Waals surface area contributed by atoms with Crippen molar-refractivity contribution >= 4 is 28.6 Å². The number of rotatable bonds is 4. The number of alkyl halides is 3. The number of thiophene rings is 1. The van der Waals surface area contributed by atoms with Gasteiger partial charge in [-0.1, -0.05) is 37.6 Å². The van der Waals surface area contributed by atoms with E-state index in [0.29, 0.717) is 0 Å². The Morgan fingerprint density at radius 2 is 1.86 bits per heavy atom. The second kappa shape index (κ2) is 6.28. The van der Waals surface area contributed by atoms with Gasteiger partial charge in [-0.2, -0.15) is 13.2 Å². The summed E-state index contributed by atoms with van der Waals surface area (Å²) in [6, 6.07) is 7.39. The average molecular weight is 334 g/mol. The summed E-state index contributed by atoms with van der Waals surface area (Å²) < 4.78 is 39.4. The van der Waals surface area contributed by atoms with Crippen LogP contribution in [0.4, 0.5) is 18.9 Å². The van der Waals surface area contributed by atoms with Gasteiger partial charge in [0, 0.05) is 4.88 Å². The molecule has 0 aliphatic carbocycles. The number of hydrogen-bond donors (Lipinski definition) is 1. The van der Waals surface area contributed by atoms with Gasteiger partial charge in [0.2, 0.25) is 0 Å². The molecule has 6 heteroatoms.